The Hall–Kier alpha value is -1.61. The zero-order chi connectivity index (χ0) is 16.6. The summed E-state index contributed by atoms with van der Waals surface area (Å²) in [5.74, 6) is 0.697. The van der Waals surface area contributed by atoms with E-state index in [1.54, 1.807) is 5.56 Å². The molecule has 0 bridgehead atoms. The Bertz CT molecular complexity index is 682. The van der Waals surface area contributed by atoms with Crippen molar-refractivity contribution in [3.8, 4) is 0 Å². The standard InChI is InChI=1S/C21H29N3/c1-3-24-17(2)19(13-22-24)14-23-15-20(18-9-5-4-6-10-18)21(16-23)11-7-8-12-21/h4-6,9-10,13,20H,3,7-8,11-12,14-16H2,1-2H3/t20-/m0/s1. The molecule has 2 heterocycles. The number of likely N-dealkylation sites (tertiary alicyclic amines) is 1. The van der Waals surface area contributed by atoms with Crippen LogP contribution in [0.4, 0.5) is 0 Å². The first-order chi connectivity index (χ1) is 11.7. The van der Waals surface area contributed by atoms with E-state index < -0.39 is 0 Å². The van der Waals surface area contributed by atoms with Crippen LogP contribution in [0.25, 0.3) is 0 Å². The van der Waals surface area contributed by atoms with Gasteiger partial charge >= 0.3 is 0 Å². The van der Waals surface area contributed by atoms with E-state index in [4.69, 9.17) is 0 Å². The summed E-state index contributed by atoms with van der Waals surface area (Å²) in [5.41, 5.74) is 4.79. The molecule has 24 heavy (non-hydrogen) atoms. The minimum absolute atomic E-state index is 0.510. The quantitative estimate of drug-likeness (QED) is 0.833. The van der Waals surface area contributed by atoms with E-state index in [0.29, 0.717) is 11.3 Å². The lowest BCUT2D eigenvalue weighted by molar-refractivity contribution is 0.247. The van der Waals surface area contributed by atoms with Gasteiger partial charge in [0.1, 0.15) is 0 Å². The van der Waals surface area contributed by atoms with Crippen molar-refractivity contribution in [1.29, 1.82) is 0 Å². The molecule has 1 aromatic carbocycles. The van der Waals surface area contributed by atoms with Gasteiger partial charge in [-0.1, -0.05) is 43.2 Å². The second-order valence-electron chi connectivity index (χ2n) is 7.77. The van der Waals surface area contributed by atoms with Crippen molar-refractivity contribution in [3.63, 3.8) is 0 Å². The molecule has 1 spiro atoms. The molecule has 2 aliphatic rings. The fraction of sp³-hybridized carbons (Fsp3) is 0.571. The van der Waals surface area contributed by atoms with Crippen molar-refractivity contribution < 1.29 is 0 Å². The Morgan fingerprint density at radius 2 is 1.92 bits per heavy atom. The van der Waals surface area contributed by atoms with Gasteiger partial charge in [0.2, 0.25) is 0 Å². The van der Waals surface area contributed by atoms with Crippen LogP contribution in [0.15, 0.2) is 36.5 Å². The summed E-state index contributed by atoms with van der Waals surface area (Å²) in [6, 6.07) is 11.2. The third-order valence-corrected chi connectivity index (χ3v) is 6.42. The summed E-state index contributed by atoms with van der Waals surface area (Å²) in [5, 5.41) is 4.53. The monoisotopic (exact) mass is 323 g/mol. The SMILES string of the molecule is CCn1ncc(CN2C[C@@H](c3ccccc3)C3(CCCC3)C2)c1C. The van der Waals surface area contributed by atoms with Gasteiger partial charge in [0.05, 0.1) is 6.20 Å². The molecule has 3 nitrogen and oxygen atoms in total. The molecule has 1 aliphatic carbocycles. The second-order valence-corrected chi connectivity index (χ2v) is 7.77. The van der Waals surface area contributed by atoms with Crippen molar-refractivity contribution in [2.45, 2.75) is 58.5 Å². The molecule has 1 aromatic heterocycles. The predicted molar refractivity (Wildman–Crippen MR) is 98.0 cm³/mol. The lowest BCUT2D eigenvalue weighted by Crippen LogP contribution is -2.26. The maximum atomic E-state index is 4.53. The second kappa shape index (κ2) is 6.36. The van der Waals surface area contributed by atoms with E-state index in [2.05, 4.69) is 65.1 Å². The highest BCUT2D eigenvalue weighted by Gasteiger charge is 2.48. The molecular formula is C21H29N3. The maximum Gasteiger partial charge on any atom is 0.0537 e. The van der Waals surface area contributed by atoms with E-state index in [9.17, 15) is 0 Å². The molecular weight excluding hydrogens is 294 g/mol. The Balaban J connectivity index is 1.57. The van der Waals surface area contributed by atoms with E-state index in [0.717, 1.165) is 13.1 Å². The molecule has 0 unspecified atom stereocenters. The molecule has 0 amide bonds. The van der Waals surface area contributed by atoms with Crippen molar-refractivity contribution >= 4 is 0 Å². The molecule has 1 aliphatic heterocycles. The summed E-state index contributed by atoms with van der Waals surface area (Å²) in [4.78, 5) is 2.69. The van der Waals surface area contributed by atoms with Crippen molar-refractivity contribution in [2.75, 3.05) is 13.1 Å². The summed E-state index contributed by atoms with van der Waals surface area (Å²) >= 11 is 0. The van der Waals surface area contributed by atoms with Gasteiger partial charge in [-0.15, -0.1) is 0 Å². The predicted octanol–water partition coefficient (Wildman–Crippen LogP) is 4.37. The normalized spacial score (nSPS) is 23.3. The summed E-state index contributed by atoms with van der Waals surface area (Å²) < 4.78 is 2.12. The Morgan fingerprint density at radius 3 is 2.58 bits per heavy atom. The molecule has 2 fully saturated rings. The van der Waals surface area contributed by atoms with Crippen LogP contribution < -0.4 is 0 Å². The van der Waals surface area contributed by atoms with Crippen LogP contribution in [0.2, 0.25) is 0 Å². The molecule has 0 radical (unpaired) electrons. The van der Waals surface area contributed by atoms with Crippen LogP contribution in [0.5, 0.6) is 0 Å². The first-order valence-corrected chi connectivity index (χ1v) is 9.50. The largest absolute Gasteiger partial charge is 0.298 e. The molecule has 1 atom stereocenters. The molecule has 0 N–H and O–H groups in total. The van der Waals surface area contributed by atoms with E-state index >= 15 is 0 Å². The van der Waals surface area contributed by atoms with Crippen LogP contribution in [-0.2, 0) is 13.1 Å². The maximum absolute atomic E-state index is 4.53. The topological polar surface area (TPSA) is 21.1 Å². The fourth-order valence-electron chi connectivity index (χ4n) is 5.12. The van der Waals surface area contributed by atoms with Crippen LogP contribution in [0, 0.1) is 12.3 Å². The first kappa shape index (κ1) is 15.9. The van der Waals surface area contributed by atoms with Crippen molar-refractivity contribution in [3.05, 3.63) is 53.3 Å². The van der Waals surface area contributed by atoms with Crippen LogP contribution in [0.3, 0.4) is 0 Å². The van der Waals surface area contributed by atoms with Gasteiger partial charge in [0.15, 0.2) is 0 Å². The molecule has 2 aromatic rings. The zero-order valence-corrected chi connectivity index (χ0v) is 15.0. The lowest BCUT2D eigenvalue weighted by Gasteiger charge is -2.30. The molecule has 1 saturated heterocycles. The number of aromatic nitrogens is 2. The number of benzene rings is 1. The first-order valence-electron chi connectivity index (χ1n) is 9.50. The van der Waals surface area contributed by atoms with Gasteiger partial charge in [0, 0.05) is 43.4 Å². The van der Waals surface area contributed by atoms with Gasteiger partial charge in [-0.05, 0) is 37.7 Å². The molecule has 4 rings (SSSR count). The Kier molecular flexibility index (Phi) is 4.21. The molecule has 128 valence electrons. The van der Waals surface area contributed by atoms with Gasteiger partial charge in [0.25, 0.3) is 0 Å². The fourth-order valence-corrected chi connectivity index (χ4v) is 5.12. The van der Waals surface area contributed by atoms with Gasteiger partial charge in [-0.2, -0.15) is 5.10 Å². The highest BCUT2D eigenvalue weighted by Crippen LogP contribution is 2.53. The Morgan fingerprint density at radius 1 is 1.17 bits per heavy atom. The van der Waals surface area contributed by atoms with Gasteiger partial charge in [-0.3, -0.25) is 9.58 Å². The highest BCUT2D eigenvalue weighted by molar-refractivity contribution is 5.26. The van der Waals surface area contributed by atoms with Crippen LogP contribution in [-0.4, -0.2) is 27.8 Å². The molecule has 3 heteroatoms. The minimum Gasteiger partial charge on any atom is -0.298 e. The van der Waals surface area contributed by atoms with E-state index in [-0.39, 0.29) is 0 Å². The number of aryl methyl sites for hydroxylation is 1. The van der Waals surface area contributed by atoms with Crippen molar-refractivity contribution in [2.24, 2.45) is 5.41 Å². The number of rotatable bonds is 4. The van der Waals surface area contributed by atoms with Crippen molar-refractivity contribution in [1.82, 2.24) is 14.7 Å². The Labute approximate surface area is 145 Å². The summed E-state index contributed by atoms with van der Waals surface area (Å²) in [7, 11) is 0. The third kappa shape index (κ3) is 2.69. The zero-order valence-electron chi connectivity index (χ0n) is 15.0. The van der Waals surface area contributed by atoms with Gasteiger partial charge < -0.3 is 0 Å². The minimum atomic E-state index is 0.510. The van der Waals surface area contributed by atoms with E-state index in [1.165, 1.54) is 50.0 Å². The van der Waals surface area contributed by atoms with Gasteiger partial charge in [-0.25, -0.2) is 0 Å². The summed E-state index contributed by atoms with van der Waals surface area (Å²) in [6.45, 7) is 8.84. The highest BCUT2D eigenvalue weighted by atomic mass is 15.3. The molecule has 1 saturated carbocycles. The number of hydrogen-bond acceptors (Lipinski definition) is 2. The van der Waals surface area contributed by atoms with Crippen LogP contribution >= 0.6 is 0 Å². The van der Waals surface area contributed by atoms with E-state index in [1.807, 2.05) is 0 Å². The number of hydrogen-bond donors (Lipinski definition) is 0. The average molecular weight is 323 g/mol. The average Bonchev–Trinajstić information content (AvgIpc) is 3.31. The third-order valence-electron chi connectivity index (χ3n) is 6.42. The van der Waals surface area contributed by atoms with Crippen LogP contribution in [0.1, 0.15) is 55.3 Å². The summed E-state index contributed by atoms with van der Waals surface area (Å²) in [6.07, 6.45) is 7.69. The lowest BCUT2D eigenvalue weighted by atomic mass is 9.73. The smallest absolute Gasteiger partial charge is 0.0537 e. The number of nitrogens with zero attached hydrogens (tertiary/aromatic N) is 3.